The minimum atomic E-state index is -3.51. The molecule has 1 aliphatic heterocycles. The topological polar surface area (TPSA) is 86.7 Å². The highest BCUT2D eigenvalue weighted by atomic mass is 35.5. The van der Waals surface area contributed by atoms with E-state index in [1.165, 1.54) is 12.1 Å². The summed E-state index contributed by atoms with van der Waals surface area (Å²) in [6.07, 6.45) is 1.46. The maximum absolute atomic E-state index is 12.0. The molecule has 21 heavy (non-hydrogen) atoms. The summed E-state index contributed by atoms with van der Waals surface area (Å²) >= 11 is 0. The average molecular weight is 335 g/mol. The predicted molar refractivity (Wildman–Crippen MR) is 81.1 cm³/mol. The van der Waals surface area contributed by atoms with E-state index in [-0.39, 0.29) is 23.8 Å². The number of carboxylic acids is 1. The van der Waals surface area contributed by atoms with Gasteiger partial charge in [-0.3, -0.25) is 9.69 Å². The second-order valence-electron chi connectivity index (χ2n) is 4.74. The Morgan fingerprint density at radius 2 is 2.00 bits per heavy atom. The van der Waals surface area contributed by atoms with E-state index in [1.807, 2.05) is 0 Å². The van der Waals surface area contributed by atoms with Crippen LogP contribution in [0.3, 0.4) is 0 Å². The van der Waals surface area contributed by atoms with Gasteiger partial charge in [0.2, 0.25) is 10.0 Å². The van der Waals surface area contributed by atoms with E-state index in [2.05, 4.69) is 4.72 Å². The van der Waals surface area contributed by atoms with E-state index in [4.69, 9.17) is 5.11 Å². The number of benzene rings is 1. The van der Waals surface area contributed by atoms with Crippen molar-refractivity contribution in [1.82, 2.24) is 9.62 Å². The van der Waals surface area contributed by atoms with Crippen molar-refractivity contribution in [2.75, 3.05) is 19.6 Å². The van der Waals surface area contributed by atoms with Gasteiger partial charge in [-0.05, 0) is 31.5 Å². The summed E-state index contributed by atoms with van der Waals surface area (Å²) in [6, 6.07) is 7.64. The third-order valence-electron chi connectivity index (χ3n) is 3.39. The summed E-state index contributed by atoms with van der Waals surface area (Å²) < 4.78 is 26.5. The highest BCUT2D eigenvalue weighted by Crippen LogP contribution is 2.16. The van der Waals surface area contributed by atoms with Crippen LogP contribution in [-0.2, 0) is 14.8 Å². The van der Waals surface area contributed by atoms with Gasteiger partial charge in [-0.1, -0.05) is 18.2 Å². The fourth-order valence-electron chi connectivity index (χ4n) is 2.38. The number of carboxylic acid groups (broad SMARTS) is 1. The maximum atomic E-state index is 12.0. The lowest BCUT2D eigenvalue weighted by Crippen LogP contribution is -2.41. The van der Waals surface area contributed by atoms with Crippen LogP contribution in [0.4, 0.5) is 0 Å². The molecule has 6 nitrogen and oxygen atoms in total. The third kappa shape index (κ3) is 4.67. The van der Waals surface area contributed by atoms with Gasteiger partial charge in [0, 0.05) is 13.1 Å². The largest absolute Gasteiger partial charge is 0.480 e. The number of likely N-dealkylation sites (tertiary alicyclic amines) is 1. The lowest BCUT2D eigenvalue weighted by molar-refractivity contribution is -0.142. The summed E-state index contributed by atoms with van der Waals surface area (Å²) in [5.74, 6) is -0.839. The van der Waals surface area contributed by atoms with Gasteiger partial charge >= 0.3 is 5.97 Å². The van der Waals surface area contributed by atoms with Crippen LogP contribution in [0.5, 0.6) is 0 Å². The summed E-state index contributed by atoms with van der Waals surface area (Å²) in [6.45, 7) is 1.31. The Hall–Kier alpha value is -1.15. The number of rotatable bonds is 6. The number of nitrogens with one attached hydrogen (secondary N) is 1. The van der Waals surface area contributed by atoms with Gasteiger partial charge in [-0.25, -0.2) is 13.1 Å². The normalized spacial score (nSPS) is 19.1. The molecule has 0 radical (unpaired) electrons. The van der Waals surface area contributed by atoms with Crippen molar-refractivity contribution in [3.05, 3.63) is 30.3 Å². The number of carbonyl (C=O) groups is 1. The molecule has 1 fully saturated rings. The van der Waals surface area contributed by atoms with Crippen LogP contribution in [0.1, 0.15) is 12.8 Å². The van der Waals surface area contributed by atoms with Crippen molar-refractivity contribution in [1.29, 1.82) is 0 Å². The van der Waals surface area contributed by atoms with Crippen molar-refractivity contribution in [2.24, 2.45) is 0 Å². The van der Waals surface area contributed by atoms with Crippen LogP contribution in [0.15, 0.2) is 35.2 Å². The highest BCUT2D eigenvalue weighted by molar-refractivity contribution is 7.89. The molecule has 0 aliphatic carbocycles. The molecule has 0 amide bonds. The first-order valence-corrected chi connectivity index (χ1v) is 8.00. The van der Waals surface area contributed by atoms with E-state index >= 15 is 0 Å². The molecular weight excluding hydrogens is 316 g/mol. The predicted octanol–water partition coefficient (Wildman–Crippen LogP) is 0.936. The Balaban J connectivity index is 0.00000220. The fourth-order valence-corrected chi connectivity index (χ4v) is 3.42. The smallest absolute Gasteiger partial charge is 0.320 e. The molecule has 8 heteroatoms. The average Bonchev–Trinajstić information content (AvgIpc) is 2.88. The van der Waals surface area contributed by atoms with E-state index in [0.717, 1.165) is 6.42 Å². The zero-order valence-corrected chi connectivity index (χ0v) is 13.1. The van der Waals surface area contributed by atoms with Crippen molar-refractivity contribution < 1.29 is 18.3 Å². The SMILES string of the molecule is Cl.O=C(O)C1CCCN1CCNS(=O)(=O)c1ccccc1. The van der Waals surface area contributed by atoms with E-state index in [0.29, 0.717) is 19.5 Å². The maximum Gasteiger partial charge on any atom is 0.320 e. The minimum Gasteiger partial charge on any atom is -0.480 e. The molecule has 1 aromatic rings. The lowest BCUT2D eigenvalue weighted by Gasteiger charge is -2.20. The highest BCUT2D eigenvalue weighted by Gasteiger charge is 2.30. The summed E-state index contributed by atoms with van der Waals surface area (Å²) in [4.78, 5) is 13.0. The molecule has 0 bridgehead atoms. The Morgan fingerprint density at radius 3 is 2.62 bits per heavy atom. The van der Waals surface area contributed by atoms with Crippen molar-refractivity contribution in [3.63, 3.8) is 0 Å². The minimum absolute atomic E-state index is 0. The number of halogens is 1. The van der Waals surface area contributed by atoms with E-state index in [1.54, 1.807) is 23.1 Å². The first kappa shape index (κ1) is 17.9. The van der Waals surface area contributed by atoms with Gasteiger partial charge < -0.3 is 5.11 Å². The summed E-state index contributed by atoms with van der Waals surface area (Å²) in [5, 5.41) is 9.04. The molecule has 1 aromatic carbocycles. The third-order valence-corrected chi connectivity index (χ3v) is 4.87. The van der Waals surface area contributed by atoms with E-state index < -0.39 is 22.0 Å². The molecule has 0 saturated carbocycles. The molecule has 1 aliphatic rings. The molecule has 0 spiro atoms. The number of sulfonamides is 1. The van der Waals surface area contributed by atoms with Gasteiger partial charge in [0.05, 0.1) is 4.90 Å². The quantitative estimate of drug-likeness (QED) is 0.808. The van der Waals surface area contributed by atoms with Gasteiger partial charge in [0.1, 0.15) is 6.04 Å². The van der Waals surface area contributed by atoms with Crippen LogP contribution in [-0.4, -0.2) is 50.1 Å². The zero-order valence-electron chi connectivity index (χ0n) is 11.4. The van der Waals surface area contributed by atoms with Crippen molar-refractivity contribution in [2.45, 2.75) is 23.8 Å². The van der Waals surface area contributed by atoms with Crippen molar-refractivity contribution >= 4 is 28.4 Å². The number of hydrogen-bond donors (Lipinski definition) is 2. The van der Waals surface area contributed by atoms with Crippen LogP contribution in [0, 0.1) is 0 Å². The monoisotopic (exact) mass is 334 g/mol. The second-order valence-corrected chi connectivity index (χ2v) is 6.51. The molecule has 0 aromatic heterocycles. The Bertz CT molecular complexity index is 565. The second kappa shape index (κ2) is 7.74. The van der Waals surface area contributed by atoms with Gasteiger partial charge in [-0.2, -0.15) is 0 Å². The Labute approximate surface area is 130 Å². The number of aliphatic carboxylic acids is 1. The molecule has 2 N–H and O–H groups in total. The first-order valence-electron chi connectivity index (χ1n) is 6.52. The molecule has 1 atom stereocenters. The van der Waals surface area contributed by atoms with Gasteiger partial charge in [-0.15, -0.1) is 12.4 Å². The molecular formula is C13H19ClN2O4S. The molecule has 118 valence electrons. The van der Waals surface area contributed by atoms with Gasteiger partial charge in [0.15, 0.2) is 0 Å². The van der Waals surface area contributed by atoms with Crippen LogP contribution in [0.25, 0.3) is 0 Å². The fraction of sp³-hybridized carbons (Fsp3) is 0.462. The standard InChI is InChI=1S/C13H18N2O4S.ClH/c16-13(17)12-7-4-9-15(12)10-8-14-20(18,19)11-5-2-1-3-6-11;/h1-3,5-6,12,14H,4,7-10H2,(H,16,17);1H. The van der Waals surface area contributed by atoms with Gasteiger partial charge in [0.25, 0.3) is 0 Å². The lowest BCUT2D eigenvalue weighted by atomic mass is 10.2. The molecule has 1 heterocycles. The van der Waals surface area contributed by atoms with Crippen LogP contribution in [0.2, 0.25) is 0 Å². The Kier molecular flexibility index (Phi) is 6.60. The molecule has 1 unspecified atom stereocenters. The van der Waals surface area contributed by atoms with E-state index in [9.17, 15) is 13.2 Å². The number of hydrogen-bond acceptors (Lipinski definition) is 4. The first-order chi connectivity index (χ1) is 9.50. The molecule has 1 saturated heterocycles. The Morgan fingerprint density at radius 1 is 1.33 bits per heavy atom. The summed E-state index contributed by atoms with van der Waals surface area (Å²) in [7, 11) is -3.51. The van der Waals surface area contributed by atoms with Crippen LogP contribution < -0.4 is 4.72 Å². The molecule has 2 rings (SSSR count). The number of nitrogens with zero attached hydrogens (tertiary/aromatic N) is 1. The zero-order chi connectivity index (χ0) is 14.6. The summed E-state index contributed by atoms with van der Waals surface area (Å²) in [5.41, 5.74) is 0. The van der Waals surface area contributed by atoms with Crippen LogP contribution >= 0.6 is 12.4 Å². The van der Waals surface area contributed by atoms with Crippen molar-refractivity contribution in [3.8, 4) is 0 Å².